The highest BCUT2D eigenvalue weighted by molar-refractivity contribution is 9.10. The summed E-state index contributed by atoms with van der Waals surface area (Å²) in [6, 6.07) is 8.88. The van der Waals surface area contributed by atoms with Gasteiger partial charge in [-0.05, 0) is 23.6 Å². The second-order valence-corrected chi connectivity index (χ2v) is 5.19. The highest BCUT2D eigenvalue weighted by atomic mass is 79.9. The number of carbonyl (C=O) groups excluding carboxylic acids is 1. The minimum absolute atomic E-state index is 0.0885. The molecule has 90 valence electrons. The zero-order valence-corrected chi connectivity index (χ0v) is 11.5. The van der Waals surface area contributed by atoms with Crippen LogP contribution in [0.4, 0.5) is 0 Å². The fourth-order valence-corrected chi connectivity index (χ4v) is 1.70. The fourth-order valence-electron chi connectivity index (χ4n) is 1.44. The van der Waals surface area contributed by atoms with Crippen molar-refractivity contribution >= 4 is 21.8 Å². The molecule has 4 heteroatoms. The molecular weight excluding hydrogens is 280 g/mol. The van der Waals surface area contributed by atoms with Crippen molar-refractivity contribution < 1.29 is 4.79 Å². The first-order valence-corrected chi connectivity index (χ1v) is 6.26. The standard InChI is InChI=1S/C13H15BrN2O/c1-9(2)7-13(17)16-12(8-15)10-3-5-11(14)6-4-10/h3-6,9,12H,7H2,1-2H3,(H,16,17). The molecule has 0 spiro atoms. The summed E-state index contributed by atoms with van der Waals surface area (Å²) in [5.74, 6) is 0.203. The molecule has 0 aliphatic rings. The number of nitrogens with zero attached hydrogens (tertiary/aromatic N) is 1. The average molecular weight is 295 g/mol. The summed E-state index contributed by atoms with van der Waals surface area (Å²) in [5, 5.41) is 11.8. The SMILES string of the molecule is CC(C)CC(=O)NC(C#N)c1ccc(Br)cc1. The Morgan fingerprint density at radius 1 is 1.41 bits per heavy atom. The van der Waals surface area contributed by atoms with Crippen LogP contribution in [-0.4, -0.2) is 5.91 Å². The van der Waals surface area contributed by atoms with Crippen LogP contribution >= 0.6 is 15.9 Å². The third-order valence-corrected chi connectivity index (χ3v) is 2.76. The van der Waals surface area contributed by atoms with Crippen molar-refractivity contribution in [2.45, 2.75) is 26.3 Å². The maximum Gasteiger partial charge on any atom is 0.221 e. The normalized spacial score (nSPS) is 11.9. The molecule has 0 saturated heterocycles. The lowest BCUT2D eigenvalue weighted by atomic mass is 10.1. The van der Waals surface area contributed by atoms with Crippen molar-refractivity contribution in [1.29, 1.82) is 5.26 Å². The molecule has 0 radical (unpaired) electrons. The summed E-state index contributed by atoms with van der Waals surface area (Å²) < 4.78 is 0.950. The number of rotatable bonds is 4. The lowest BCUT2D eigenvalue weighted by Crippen LogP contribution is -2.28. The Hall–Kier alpha value is -1.34. The van der Waals surface area contributed by atoms with Gasteiger partial charge in [0.1, 0.15) is 6.04 Å². The zero-order valence-electron chi connectivity index (χ0n) is 9.90. The minimum atomic E-state index is -0.575. The van der Waals surface area contributed by atoms with E-state index in [0.29, 0.717) is 12.3 Å². The summed E-state index contributed by atoms with van der Waals surface area (Å²) >= 11 is 3.33. The molecule has 1 amide bonds. The highest BCUT2D eigenvalue weighted by Crippen LogP contribution is 2.16. The Bertz CT molecular complexity index is 420. The third-order valence-electron chi connectivity index (χ3n) is 2.23. The van der Waals surface area contributed by atoms with Crippen LogP contribution in [0.25, 0.3) is 0 Å². The molecule has 0 aliphatic heterocycles. The number of amides is 1. The molecule has 1 unspecified atom stereocenters. The van der Waals surface area contributed by atoms with E-state index in [4.69, 9.17) is 5.26 Å². The van der Waals surface area contributed by atoms with Crippen molar-refractivity contribution in [3.8, 4) is 6.07 Å². The zero-order chi connectivity index (χ0) is 12.8. The van der Waals surface area contributed by atoms with Gasteiger partial charge < -0.3 is 5.32 Å². The Morgan fingerprint density at radius 3 is 2.47 bits per heavy atom. The van der Waals surface area contributed by atoms with Crippen molar-refractivity contribution in [3.05, 3.63) is 34.3 Å². The highest BCUT2D eigenvalue weighted by Gasteiger charge is 2.14. The van der Waals surface area contributed by atoms with Crippen LogP contribution < -0.4 is 5.32 Å². The minimum Gasteiger partial charge on any atom is -0.337 e. The van der Waals surface area contributed by atoms with Crippen LogP contribution in [0.5, 0.6) is 0 Å². The van der Waals surface area contributed by atoms with E-state index in [2.05, 4.69) is 27.3 Å². The Kier molecular flexibility index (Phi) is 5.17. The molecule has 0 heterocycles. The second kappa shape index (κ2) is 6.41. The number of halogens is 1. The van der Waals surface area contributed by atoms with Crippen molar-refractivity contribution in [2.75, 3.05) is 0 Å². The molecule has 0 aliphatic carbocycles. The molecule has 0 fully saturated rings. The summed E-state index contributed by atoms with van der Waals surface area (Å²) in [6.07, 6.45) is 0.439. The van der Waals surface area contributed by atoms with Crippen LogP contribution in [-0.2, 0) is 4.79 Å². The predicted octanol–water partition coefficient (Wildman–Crippen LogP) is 3.18. The molecule has 17 heavy (non-hydrogen) atoms. The summed E-state index contributed by atoms with van der Waals surface area (Å²) in [5.41, 5.74) is 0.799. The number of hydrogen-bond acceptors (Lipinski definition) is 2. The number of carbonyl (C=O) groups is 1. The molecular formula is C13H15BrN2O. The van der Waals surface area contributed by atoms with E-state index >= 15 is 0 Å². The molecule has 0 saturated carbocycles. The van der Waals surface area contributed by atoms with Crippen LogP contribution in [0.15, 0.2) is 28.7 Å². The predicted molar refractivity (Wildman–Crippen MR) is 70.1 cm³/mol. The molecule has 1 aromatic rings. The van der Waals surface area contributed by atoms with Crippen LogP contribution in [0.1, 0.15) is 31.9 Å². The van der Waals surface area contributed by atoms with Crippen molar-refractivity contribution in [3.63, 3.8) is 0 Å². The maximum absolute atomic E-state index is 11.6. The molecule has 3 nitrogen and oxygen atoms in total. The quantitative estimate of drug-likeness (QED) is 0.927. The van der Waals surface area contributed by atoms with E-state index in [9.17, 15) is 4.79 Å². The second-order valence-electron chi connectivity index (χ2n) is 4.28. The first-order valence-electron chi connectivity index (χ1n) is 5.47. The summed E-state index contributed by atoms with van der Waals surface area (Å²) in [6.45, 7) is 3.95. The summed E-state index contributed by atoms with van der Waals surface area (Å²) in [4.78, 5) is 11.6. The maximum atomic E-state index is 11.6. The Balaban J connectivity index is 2.70. The van der Waals surface area contributed by atoms with Gasteiger partial charge in [0.05, 0.1) is 6.07 Å². The monoisotopic (exact) mass is 294 g/mol. The molecule has 0 bridgehead atoms. The van der Waals surface area contributed by atoms with Crippen molar-refractivity contribution in [2.24, 2.45) is 5.92 Å². The molecule has 1 atom stereocenters. The van der Waals surface area contributed by atoms with Gasteiger partial charge in [-0.15, -0.1) is 0 Å². The van der Waals surface area contributed by atoms with E-state index in [1.807, 2.05) is 38.1 Å². The van der Waals surface area contributed by atoms with E-state index in [-0.39, 0.29) is 5.91 Å². The number of benzene rings is 1. The van der Waals surface area contributed by atoms with Gasteiger partial charge in [0.25, 0.3) is 0 Å². The molecule has 1 aromatic carbocycles. The van der Waals surface area contributed by atoms with Gasteiger partial charge in [-0.3, -0.25) is 4.79 Å². The fraction of sp³-hybridized carbons (Fsp3) is 0.385. The van der Waals surface area contributed by atoms with Gasteiger partial charge in [0.15, 0.2) is 0 Å². The van der Waals surface area contributed by atoms with Gasteiger partial charge in [-0.1, -0.05) is 41.9 Å². The number of hydrogen-bond donors (Lipinski definition) is 1. The third kappa shape index (κ3) is 4.58. The van der Waals surface area contributed by atoms with E-state index in [1.54, 1.807) is 0 Å². The van der Waals surface area contributed by atoms with E-state index in [1.165, 1.54) is 0 Å². The Labute approximate surface area is 110 Å². The lowest BCUT2D eigenvalue weighted by Gasteiger charge is -2.13. The topological polar surface area (TPSA) is 52.9 Å². The molecule has 1 rings (SSSR count). The van der Waals surface area contributed by atoms with Crippen LogP contribution in [0, 0.1) is 17.2 Å². The van der Waals surface area contributed by atoms with E-state index < -0.39 is 6.04 Å². The van der Waals surface area contributed by atoms with Gasteiger partial charge in [-0.2, -0.15) is 5.26 Å². The van der Waals surface area contributed by atoms with Crippen LogP contribution in [0.2, 0.25) is 0 Å². The molecule has 1 N–H and O–H groups in total. The summed E-state index contributed by atoms with van der Waals surface area (Å²) in [7, 11) is 0. The largest absolute Gasteiger partial charge is 0.337 e. The van der Waals surface area contributed by atoms with Crippen molar-refractivity contribution in [1.82, 2.24) is 5.32 Å². The lowest BCUT2D eigenvalue weighted by molar-refractivity contribution is -0.122. The first kappa shape index (κ1) is 13.7. The smallest absolute Gasteiger partial charge is 0.221 e. The first-order chi connectivity index (χ1) is 8.02. The Morgan fingerprint density at radius 2 is 2.00 bits per heavy atom. The van der Waals surface area contributed by atoms with E-state index in [0.717, 1.165) is 10.0 Å². The van der Waals surface area contributed by atoms with Gasteiger partial charge in [0.2, 0.25) is 5.91 Å². The van der Waals surface area contributed by atoms with Gasteiger partial charge in [-0.25, -0.2) is 0 Å². The molecule has 0 aromatic heterocycles. The number of nitriles is 1. The van der Waals surface area contributed by atoms with Crippen LogP contribution in [0.3, 0.4) is 0 Å². The number of nitrogens with one attached hydrogen (secondary N) is 1. The van der Waals surface area contributed by atoms with Gasteiger partial charge in [0, 0.05) is 10.9 Å². The average Bonchev–Trinajstić information content (AvgIpc) is 2.26. The van der Waals surface area contributed by atoms with Gasteiger partial charge >= 0.3 is 0 Å².